The molecule has 1 aliphatic heterocycles. The topological polar surface area (TPSA) is 129 Å². The van der Waals surface area contributed by atoms with E-state index in [1.807, 2.05) is 84.9 Å². The lowest BCUT2D eigenvalue weighted by Crippen LogP contribution is -2.35. The van der Waals surface area contributed by atoms with Gasteiger partial charge in [0.05, 0.1) is 5.92 Å². The molecule has 7 rings (SSSR count). The quantitative estimate of drug-likeness (QED) is 0.290. The van der Waals surface area contributed by atoms with Crippen LogP contribution in [0.25, 0.3) is 17.5 Å². The van der Waals surface area contributed by atoms with Crippen LogP contribution in [0.4, 0.5) is 6.01 Å². The summed E-state index contributed by atoms with van der Waals surface area (Å²) >= 11 is 0. The lowest BCUT2D eigenvalue weighted by Gasteiger charge is -2.19. The normalized spacial score (nSPS) is 14.1. The summed E-state index contributed by atoms with van der Waals surface area (Å²) in [6, 6.07) is 35.4. The van der Waals surface area contributed by atoms with Crippen LogP contribution < -0.4 is 31.7 Å². The summed E-state index contributed by atoms with van der Waals surface area (Å²) in [6.07, 6.45) is 1.65. The van der Waals surface area contributed by atoms with E-state index in [9.17, 15) is 10.1 Å². The third kappa shape index (κ3) is 4.83. The number of fused-ring (bicyclic) bond motifs is 3. The molecule has 0 radical (unpaired) electrons. The van der Waals surface area contributed by atoms with Gasteiger partial charge in [0.15, 0.2) is 0 Å². The Morgan fingerprint density at radius 1 is 0.791 bits per heavy atom. The van der Waals surface area contributed by atoms with Crippen molar-refractivity contribution in [2.24, 2.45) is 0 Å². The monoisotopic (exact) mass is 566 g/mol. The van der Waals surface area contributed by atoms with E-state index in [1.54, 1.807) is 30.3 Å². The Kier molecular flexibility index (Phi) is 6.34. The number of aromatic nitrogens is 2. The van der Waals surface area contributed by atoms with Crippen molar-refractivity contribution in [3.8, 4) is 35.0 Å². The van der Waals surface area contributed by atoms with E-state index in [2.05, 4.69) is 11.1 Å². The number of nitrogens with zero attached hydrogens (tertiary/aromatic N) is 3. The molecule has 1 atom stereocenters. The van der Waals surface area contributed by atoms with Crippen LogP contribution in [0.5, 0.6) is 23.0 Å². The molecule has 0 unspecified atom stereocenters. The highest BCUT2D eigenvalue weighted by Gasteiger charge is 2.36. The highest BCUT2D eigenvalue weighted by molar-refractivity contribution is 5.73. The molecule has 0 saturated carbocycles. The molecule has 4 aromatic carbocycles. The van der Waals surface area contributed by atoms with Gasteiger partial charge in [-0.15, -0.1) is 0 Å². The molecule has 0 saturated heterocycles. The molecule has 9 heteroatoms. The van der Waals surface area contributed by atoms with Crippen molar-refractivity contribution in [2.75, 3.05) is 5.73 Å². The smallest absolute Gasteiger partial charge is 0.362 e. The van der Waals surface area contributed by atoms with E-state index >= 15 is 0 Å². The van der Waals surface area contributed by atoms with Gasteiger partial charge in [-0.05, 0) is 65.7 Å². The van der Waals surface area contributed by atoms with Crippen molar-refractivity contribution in [1.82, 2.24) is 9.55 Å². The van der Waals surface area contributed by atoms with E-state index in [-0.39, 0.29) is 28.4 Å². The fourth-order valence-corrected chi connectivity index (χ4v) is 5.04. The third-order valence-corrected chi connectivity index (χ3v) is 6.96. The van der Waals surface area contributed by atoms with Gasteiger partial charge in [0, 0.05) is 0 Å². The molecule has 6 aromatic rings. The first kappa shape index (κ1) is 25.7. The van der Waals surface area contributed by atoms with Crippen LogP contribution in [0.2, 0.25) is 0 Å². The number of hydrogen-bond acceptors (Lipinski definition) is 8. The standard InChI is InChI=1S/C34H22N4O5/c35-20-27-29(22-13-17-26(18-14-22)41-24-9-5-2-6-10-24)30-32(43-34(36)37-30)38-28(33(39)42-31(27)38)19-21-11-15-25(16-12-21)40-23-7-3-1-4-8-23/h1-19,29H,(H2,36,37)/b28-19+/t29-/m0/s1. The van der Waals surface area contributed by atoms with Crippen LogP contribution in [-0.4, -0.2) is 9.55 Å². The zero-order chi connectivity index (χ0) is 29.3. The van der Waals surface area contributed by atoms with E-state index in [1.165, 1.54) is 4.57 Å². The first-order chi connectivity index (χ1) is 21.1. The first-order valence-corrected chi connectivity index (χ1v) is 13.4. The zero-order valence-electron chi connectivity index (χ0n) is 22.5. The van der Waals surface area contributed by atoms with Gasteiger partial charge in [0.25, 0.3) is 6.01 Å². The molecule has 0 bridgehead atoms. The molecule has 43 heavy (non-hydrogen) atoms. The summed E-state index contributed by atoms with van der Waals surface area (Å²) in [4.78, 5) is 17.6. The van der Waals surface area contributed by atoms with Gasteiger partial charge >= 0.3 is 5.63 Å². The van der Waals surface area contributed by atoms with Crippen LogP contribution in [0, 0.1) is 11.3 Å². The van der Waals surface area contributed by atoms with Gasteiger partial charge in [0.1, 0.15) is 45.7 Å². The maximum atomic E-state index is 13.2. The van der Waals surface area contributed by atoms with Crippen LogP contribution in [0.1, 0.15) is 22.7 Å². The number of anilines is 1. The molecule has 0 fully saturated rings. The second kappa shape index (κ2) is 10.6. The van der Waals surface area contributed by atoms with Gasteiger partial charge in [0.2, 0.25) is 11.4 Å². The number of nitriles is 1. The van der Waals surface area contributed by atoms with E-state index in [0.717, 1.165) is 5.56 Å². The van der Waals surface area contributed by atoms with Crippen LogP contribution in [0.15, 0.2) is 123 Å². The Morgan fingerprint density at radius 2 is 1.35 bits per heavy atom. The van der Waals surface area contributed by atoms with Crippen LogP contribution in [0.3, 0.4) is 0 Å². The number of ether oxygens (including phenoxy) is 2. The summed E-state index contributed by atoms with van der Waals surface area (Å²) in [5.41, 5.74) is 7.44. The van der Waals surface area contributed by atoms with Crippen LogP contribution >= 0.6 is 0 Å². The number of benzene rings is 4. The van der Waals surface area contributed by atoms with Crippen molar-refractivity contribution >= 4 is 17.7 Å². The maximum Gasteiger partial charge on any atom is 0.362 e. The van der Waals surface area contributed by atoms with Gasteiger partial charge in [-0.3, -0.25) is 0 Å². The highest BCUT2D eigenvalue weighted by Crippen LogP contribution is 2.38. The minimum atomic E-state index is -0.681. The fourth-order valence-electron chi connectivity index (χ4n) is 5.04. The summed E-state index contributed by atoms with van der Waals surface area (Å²) < 4.78 is 24.7. The van der Waals surface area contributed by atoms with Gasteiger partial charge in [-0.2, -0.15) is 10.2 Å². The second-order valence-corrected chi connectivity index (χ2v) is 9.73. The third-order valence-electron chi connectivity index (χ3n) is 6.96. The van der Waals surface area contributed by atoms with Gasteiger partial charge in [-0.25, -0.2) is 9.36 Å². The van der Waals surface area contributed by atoms with Crippen molar-refractivity contribution < 1.29 is 18.3 Å². The van der Waals surface area contributed by atoms with Crippen molar-refractivity contribution in [3.05, 3.63) is 147 Å². The SMILES string of the molecule is N#CC1=c2oc(=O)/c(=C\c3ccc(Oc4ccccc4)cc3)n2-c2oc(N)nc2[C@H]1c1ccc(Oc2ccccc2)cc1. The minimum Gasteiger partial charge on any atom is -0.457 e. The zero-order valence-corrected chi connectivity index (χ0v) is 22.5. The first-order valence-electron chi connectivity index (χ1n) is 13.4. The lowest BCUT2D eigenvalue weighted by molar-refractivity contribution is 0.455. The average molecular weight is 567 g/mol. The molecule has 2 aromatic heterocycles. The maximum absolute atomic E-state index is 13.2. The molecular formula is C34H22N4O5. The Bertz CT molecular complexity index is 2160. The number of rotatable bonds is 6. The fraction of sp³-hybridized carbons (Fsp3) is 0.0294. The molecule has 0 amide bonds. The van der Waals surface area contributed by atoms with E-state index < -0.39 is 11.5 Å². The second-order valence-electron chi connectivity index (χ2n) is 9.73. The summed E-state index contributed by atoms with van der Waals surface area (Å²) in [5.74, 6) is 2.20. The lowest BCUT2D eigenvalue weighted by atomic mass is 9.87. The molecule has 1 aliphatic rings. The number of oxazole rings is 2. The van der Waals surface area contributed by atoms with Gasteiger partial charge in [-0.1, -0.05) is 60.7 Å². The Hall–Kier alpha value is -6.27. The molecule has 0 aliphatic carbocycles. The molecule has 3 heterocycles. The largest absolute Gasteiger partial charge is 0.457 e. The number of nitrogen functional groups attached to an aromatic ring is 1. The molecule has 0 spiro atoms. The molecule has 208 valence electrons. The summed E-state index contributed by atoms with van der Waals surface area (Å²) in [5, 5.41) is 10.4. The Labute approximate surface area is 244 Å². The number of para-hydroxylation sites is 2. The summed E-state index contributed by atoms with van der Waals surface area (Å²) in [6.45, 7) is 0. The minimum absolute atomic E-state index is 0.0565. The molecule has 9 nitrogen and oxygen atoms in total. The van der Waals surface area contributed by atoms with E-state index in [0.29, 0.717) is 34.3 Å². The number of nitrogens with two attached hydrogens (primary N) is 1. The Morgan fingerprint density at radius 3 is 1.93 bits per heavy atom. The van der Waals surface area contributed by atoms with Gasteiger partial charge < -0.3 is 24.0 Å². The molecular weight excluding hydrogens is 544 g/mol. The Balaban J connectivity index is 1.29. The average Bonchev–Trinajstić information content (AvgIpc) is 3.57. The van der Waals surface area contributed by atoms with E-state index in [4.69, 9.17) is 24.0 Å². The highest BCUT2D eigenvalue weighted by atomic mass is 16.5. The summed E-state index contributed by atoms with van der Waals surface area (Å²) in [7, 11) is 0. The van der Waals surface area contributed by atoms with Crippen molar-refractivity contribution in [1.29, 1.82) is 5.26 Å². The number of hydrogen-bond donors (Lipinski definition) is 1. The van der Waals surface area contributed by atoms with Crippen molar-refractivity contribution in [2.45, 2.75) is 5.92 Å². The predicted octanol–water partition coefficient (Wildman–Crippen LogP) is 5.23. The van der Waals surface area contributed by atoms with Crippen molar-refractivity contribution in [3.63, 3.8) is 0 Å². The van der Waals surface area contributed by atoms with Crippen LogP contribution in [-0.2, 0) is 0 Å². The predicted molar refractivity (Wildman–Crippen MR) is 158 cm³/mol. The molecule has 2 N–H and O–H groups in total.